The zero-order valence-corrected chi connectivity index (χ0v) is 12.7. The molecule has 0 amide bonds. The molecule has 0 saturated carbocycles. The highest BCUT2D eigenvalue weighted by Gasteiger charge is 2.22. The number of aromatic nitrogens is 3. The average molecular weight is 335 g/mol. The zero-order valence-electron chi connectivity index (χ0n) is 11.1. The van der Waals surface area contributed by atoms with E-state index in [0.29, 0.717) is 0 Å². The molecule has 10 heteroatoms. The second-order valence-electron chi connectivity index (χ2n) is 4.39. The van der Waals surface area contributed by atoms with Gasteiger partial charge in [0.25, 0.3) is 0 Å². The van der Waals surface area contributed by atoms with E-state index < -0.39 is 27.6 Å². The molecular weight excluding hydrogens is 323 g/mol. The van der Waals surface area contributed by atoms with Crippen LogP contribution in [0.1, 0.15) is 18.8 Å². The summed E-state index contributed by atoms with van der Waals surface area (Å²) in [5, 5.41) is 5.90. The molecule has 2 N–H and O–H groups in total. The fraction of sp³-hybridized carbons (Fsp3) is 0.273. The fourth-order valence-electron chi connectivity index (χ4n) is 1.78. The number of H-pyrrole nitrogens is 1. The predicted octanol–water partition coefficient (Wildman–Crippen LogP) is 0.940. The van der Waals surface area contributed by atoms with Crippen molar-refractivity contribution in [2.24, 2.45) is 7.05 Å². The first kappa shape index (κ1) is 15.7. The molecule has 0 aliphatic carbocycles. The van der Waals surface area contributed by atoms with Crippen LogP contribution < -0.4 is 10.4 Å². The molecule has 2 aromatic rings. The number of hydrogen-bond acceptors (Lipinski definition) is 4. The molecule has 0 bridgehead atoms. The van der Waals surface area contributed by atoms with Gasteiger partial charge >= 0.3 is 5.69 Å². The number of aromatic amines is 1. The van der Waals surface area contributed by atoms with Gasteiger partial charge in [-0.1, -0.05) is 11.6 Å². The van der Waals surface area contributed by atoms with Gasteiger partial charge in [0, 0.05) is 12.1 Å². The summed E-state index contributed by atoms with van der Waals surface area (Å²) in [7, 11) is -2.55. The Morgan fingerprint density at radius 3 is 2.62 bits per heavy atom. The van der Waals surface area contributed by atoms with Crippen molar-refractivity contribution in [3.8, 4) is 0 Å². The van der Waals surface area contributed by atoms with Crippen molar-refractivity contribution in [1.82, 2.24) is 19.5 Å². The van der Waals surface area contributed by atoms with Gasteiger partial charge in [-0.25, -0.2) is 27.4 Å². The summed E-state index contributed by atoms with van der Waals surface area (Å²) in [5.74, 6) is -0.561. The molecule has 0 fully saturated rings. The van der Waals surface area contributed by atoms with Gasteiger partial charge in [-0.05, 0) is 25.1 Å². The van der Waals surface area contributed by atoms with Crippen molar-refractivity contribution in [1.29, 1.82) is 0 Å². The van der Waals surface area contributed by atoms with Gasteiger partial charge in [0.2, 0.25) is 10.0 Å². The minimum atomic E-state index is -4.00. The molecule has 114 valence electrons. The van der Waals surface area contributed by atoms with E-state index in [1.54, 1.807) is 0 Å². The van der Waals surface area contributed by atoms with E-state index >= 15 is 0 Å². The summed E-state index contributed by atoms with van der Waals surface area (Å²) in [4.78, 5) is 11.0. The molecule has 0 radical (unpaired) electrons. The molecule has 7 nitrogen and oxygen atoms in total. The topological polar surface area (TPSA) is 96.8 Å². The van der Waals surface area contributed by atoms with Gasteiger partial charge in [0.15, 0.2) is 5.82 Å². The van der Waals surface area contributed by atoms with E-state index in [1.807, 2.05) is 0 Å². The average Bonchev–Trinajstić information content (AvgIpc) is 2.68. The first-order valence-corrected chi connectivity index (χ1v) is 7.66. The summed E-state index contributed by atoms with van der Waals surface area (Å²) in [5.41, 5.74) is -0.468. The Bertz CT molecular complexity index is 810. The van der Waals surface area contributed by atoms with Gasteiger partial charge in [0.05, 0.1) is 10.9 Å². The van der Waals surface area contributed by atoms with Crippen molar-refractivity contribution in [3.63, 3.8) is 0 Å². The molecule has 21 heavy (non-hydrogen) atoms. The van der Waals surface area contributed by atoms with Crippen molar-refractivity contribution in [2.45, 2.75) is 17.9 Å². The maximum absolute atomic E-state index is 13.2. The number of hydrogen-bond donors (Lipinski definition) is 2. The first-order chi connectivity index (χ1) is 9.70. The SMILES string of the molecule is CC(NS(=O)(=O)c1cc(F)cc(Cl)c1)c1n[nH]c(=O)n1C. The van der Waals surface area contributed by atoms with Crippen molar-refractivity contribution >= 4 is 21.6 Å². The Hall–Kier alpha value is -1.71. The molecule has 2 rings (SSSR count). The highest BCUT2D eigenvalue weighted by atomic mass is 35.5. The molecule has 0 aliphatic heterocycles. The Balaban J connectivity index is 2.33. The largest absolute Gasteiger partial charge is 0.343 e. The van der Waals surface area contributed by atoms with E-state index in [-0.39, 0.29) is 15.7 Å². The summed E-state index contributed by atoms with van der Waals surface area (Å²) in [6, 6.07) is 2.19. The van der Waals surface area contributed by atoms with E-state index in [2.05, 4.69) is 14.9 Å². The second kappa shape index (κ2) is 5.58. The van der Waals surface area contributed by atoms with Crippen LogP contribution in [0, 0.1) is 5.82 Å². The minimum absolute atomic E-state index is 0.0322. The number of nitrogens with one attached hydrogen (secondary N) is 2. The van der Waals surface area contributed by atoms with Crippen molar-refractivity contribution in [2.75, 3.05) is 0 Å². The lowest BCUT2D eigenvalue weighted by molar-refractivity contribution is 0.550. The Labute approximate surface area is 124 Å². The van der Waals surface area contributed by atoms with Crippen LogP contribution in [0.2, 0.25) is 5.02 Å². The third-order valence-electron chi connectivity index (χ3n) is 2.78. The lowest BCUT2D eigenvalue weighted by Gasteiger charge is -2.13. The van der Waals surface area contributed by atoms with Gasteiger partial charge in [-0.3, -0.25) is 4.57 Å². The van der Waals surface area contributed by atoms with Crippen LogP contribution in [0.5, 0.6) is 0 Å². The first-order valence-electron chi connectivity index (χ1n) is 5.80. The molecule has 1 aromatic heterocycles. The Morgan fingerprint density at radius 2 is 2.10 bits per heavy atom. The van der Waals surface area contributed by atoms with Gasteiger partial charge in [-0.2, -0.15) is 5.10 Å². The summed E-state index contributed by atoms with van der Waals surface area (Å²) < 4.78 is 41.1. The minimum Gasteiger partial charge on any atom is -0.281 e. The predicted molar refractivity (Wildman–Crippen MR) is 74.0 cm³/mol. The third kappa shape index (κ3) is 3.31. The van der Waals surface area contributed by atoms with Crippen LogP contribution in [0.15, 0.2) is 27.9 Å². The van der Waals surface area contributed by atoms with Gasteiger partial charge in [0.1, 0.15) is 5.82 Å². The van der Waals surface area contributed by atoms with Crippen molar-refractivity contribution in [3.05, 3.63) is 45.3 Å². The van der Waals surface area contributed by atoms with E-state index in [1.165, 1.54) is 18.5 Å². The number of halogens is 2. The second-order valence-corrected chi connectivity index (χ2v) is 6.54. The van der Waals surface area contributed by atoms with E-state index in [4.69, 9.17) is 11.6 Å². The smallest absolute Gasteiger partial charge is 0.281 e. The summed E-state index contributed by atoms with van der Waals surface area (Å²) in [6.45, 7) is 1.51. The molecule has 0 saturated heterocycles. The maximum Gasteiger partial charge on any atom is 0.343 e. The van der Waals surface area contributed by atoms with E-state index in [0.717, 1.165) is 18.2 Å². The van der Waals surface area contributed by atoms with Crippen LogP contribution in [-0.4, -0.2) is 23.2 Å². The number of benzene rings is 1. The van der Waals surface area contributed by atoms with Crippen LogP contribution in [0.3, 0.4) is 0 Å². The highest BCUT2D eigenvalue weighted by molar-refractivity contribution is 7.89. The molecule has 0 aliphatic rings. The molecular formula is C11H12ClFN4O3S. The number of nitrogens with zero attached hydrogens (tertiary/aromatic N) is 2. The molecule has 1 unspecified atom stereocenters. The lowest BCUT2D eigenvalue weighted by Crippen LogP contribution is -2.29. The molecule has 1 atom stereocenters. The van der Waals surface area contributed by atoms with Crippen molar-refractivity contribution < 1.29 is 12.8 Å². The third-order valence-corrected chi connectivity index (χ3v) is 4.52. The van der Waals surface area contributed by atoms with Gasteiger partial charge < -0.3 is 0 Å². The number of rotatable bonds is 4. The Kier molecular flexibility index (Phi) is 4.17. The highest BCUT2D eigenvalue weighted by Crippen LogP contribution is 2.20. The quantitative estimate of drug-likeness (QED) is 0.869. The standard InChI is InChI=1S/C11H12ClFN4O3S/c1-6(10-14-15-11(18)17(10)2)16-21(19,20)9-4-7(12)3-8(13)5-9/h3-6,16H,1-2H3,(H,15,18). The monoisotopic (exact) mass is 334 g/mol. The van der Waals surface area contributed by atoms with Gasteiger partial charge in [-0.15, -0.1) is 0 Å². The maximum atomic E-state index is 13.2. The fourth-order valence-corrected chi connectivity index (χ4v) is 3.33. The summed E-state index contributed by atoms with van der Waals surface area (Å²) in [6.07, 6.45) is 0. The van der Waals surface area contributed by atoms with Crippen LogP contribution >= 0.6 is 11.6 Å². The van der Waals surface area contributed by atoms with Crippen LogP contribution in [0.4, 0.5) is 4.39 Å². The number of sulfonamides is 1. The Morgan fingerprint density at radius 1 is 1.43 bits per heavy atom. The van der Waals surface area contributed by atoms with Crippen LogP contribution in [-0.2, 0) is 17.1 Å². The lowest BCUT2D eigenvalue weighted by atomic mass is 10.3. The van der Waals surface area contributed by atoms with E-state index in [9.17, 15) is 17.6 Å². The molecule has 0 spiro atoms. The zero-order chi connectivity index (χ0) is 15.8. The molecule has 1 heterocycles. The molecule has 1 aromatic carbocycles. The normalized spacial score (nSPS) is 13.3. The van der Waals surface area contributed by atoms with Crippen LogP contribution in [0.25, 0.3) is 0 Å². The summed E-state index contributed by atoms with van der Waals surface area (Å²) >= 11 is 5.64.